The molecular formula is C21H33ClN2Sn. The van der Waals surface area contributed by atoms with Crippen LogP contribution in [0.3, 0.4) is 0 Å². The standard InChI is InChI=1S/C13H27.C8H6ClN2.Sn/c1-4-7-10-13(11-8-5-2)12-9-6-3;1-11-8-3-2-7(9)4-6(8)5-10-11;/h4-12H2,1-3H3;2-4H,1H3;. The molecule has 2 rings (SSSR count). The van der Waals surface area contributed by atoms with Crippen LogP contribution in [0, 0.1) is 0 Å². The molecule has 0 aliphatic heterocycles. The average molecular weight is 468 g/mol. The summed E-state index contributed by atoms with van der Waals surface area (Å²) in [5.41, 5.74) is 1.23. The molecule has 0 saturated heterocycles. The van der Waals surface area contributed by atoms with Gasteiger partial charge in [0.1, 0.15) is 0 Å². The van der Waals surface area contributed by atoms with Gasteiger partial charge in [-0.05, 0) is 0 Å². The summed E-state index contributed by atoms with van der Waals surface area (Å²) in [6, 6.07) is 6.25. The summed E-state index contributed by atoms with van der Waals surface area (Å²) in [6.45, 7) is 6.97. The summed E-state index contributed by atoms with van der Waals surface area (Å²) < 4.78 is 4.04. The first-order valence-corrected chi connectivity index (χ1v) is 13.2. The second-order valence-electron chi connectivity index (χ2n) is 7.35. The van der Waals surface area contributed by atoms with Crippen LogP contribution in [-0.2, 0) is 7.05 Å². The van der Waals surface area contributed by atoms with Gasteiger partial charge in [-0.25, -0.2) is 0 Å². The molecule has 0 atom stereocenters. The second kappa shape index (κ2) is 10.2. The number of nitrogens with zero attached hydrogens (tertiary/aromatic N) is 2. The van der Waals surface area contributed by atoms with Crippen molar-refractivity contribution in [3.05, 3.63) is 23.2 Å². The number of benzene rings is 1. The summed E-state index contributed by atoms with van der Waals surface area (Å²) in [5.74, 6) is 0. The summed E-state index contributed by atoms with van der Waals surface area (Å²) in [4.78, 5) is 0. The number of halogens is 1. The van der Waals surface area contributed by atoms with Gasteiger partial charge in [0.25, 0.3) is 0 Å². The summed E-state index contributed by atoms with van der Waals surface area (Å²) in [5, 5.41) is 7.12. The predicted octanol–water partition coefficient (Wildman–Crippen LogP) is 6.29. The van der Waals surface area contributed by atoms with Crippen LogP contribution >= 0.6 is 11.6 Å². The molecule has 0 aliphatic carbocycles. The van der Waals surface area contributed by atoms with Crippen LogP contribution in [0.15, 0.2) is 18.2 Å². The topological polar surface area (TPSA) is 17.8 Å². The third kappa shape index (κ3) is 5.62. The van der Waals surface area contributed by atoms with E-state index in [1.54, 1.807) is 0 Å². The second-order valence-corrected chi connectivity index (χ2v) is 12.9. The monoisotopic (exact) mass is 468 g/mol. The number of aryl methyl sites for hydroxylation is 1. The van der Waals surface area contributed by atoms with Crippen molar-refractivity contribution in [3.8, 4) is 0 Å². The van der Waals surface area contributed by atoms with E-state index in [2.05, 4.69) is 44.6 Å². The van der Waals surface area contributed by atoms with Gasteiger partial charge in [0.2, 0.25) is 0 Å². The van der Waals surface area contributed by atoms with E-state index in [0.717, 1.165) is 5.02 Å². The Labute approximate surface area is 168 Å². The molecule has 1 heterocycles. The average Bonchev–Trinajstić information content (AvgIpc) is 2.91. The van der Waals surface area contributed by atoms with E-state index in [4.69, 9.17) is 16.7 Å². The van der Waals surface area contributed by atoms with E-state index in [9.17, 15) is 0 Å². The summed E-state index contributed by atoms with van der Waals surface area (Å²) in [6.07, 6.45) is 12.2. The minimum atomic E-state index is -0.822. The zero-order valence-electron chi connectivity index (χ0n) is 16.4. The molecule has 0 fully saturated rings. The maximum atomic E-state index is 6.30. The summed E-state index contributed by atoms with van der Waals surface area (Å²) in [7, 11) is 2.07. The van der Waals surface area contributed by atoms with E-state index in [-0.39, 0.29) is 0 Å². The van der Waals surface area contributed by atoms with Crippen molar-refractivity contribution in [1.82, 2.24) is 9.78 Å². The van der Waals surface area contributed by atoms with E-state index in [0.29, 0.717) is 3.43 Å². The van der Waals surface area contributed by atoms with E-state index in [1.165, 1.54) is 72.4 Å². The van der Waals surface area contributed by atoms with E-state index in [1.807, 2.05) is 6.07 Å². The van der Waals surface area contributed by atoms with Crippen molar-refractivity contribution in [2.45, 2.75) is 82.0 Å². The molecule has 4 heteroatoms. The van der Waals surface area contributed by atoms with Crippen LogP contribution in [0.2, 0.25) is 8.45 Å². The number of aromatic nitrogens is 2. The molecule has 0 N–H and O–H groups in total. The molecule has 2 aromatic rings. The molecule has 1 aromatic heterocycles. The van der Waals surface area contributed by atoms with Gasteiger partial charge < -0.3 is 0 Å². The Morgan fingerprint density at radius 3 is 2.08 bits per heavy atom. The molecule has 138 valence electrons. The Morgan fingerprint density at radius 1 is 1.00 bits per heavy atom. The Bertz CT molecular complexity index is 643. The molecule has 0 unspecified atom stereocenters. The van der Waals surface area contributed by atoms with Crippen LogP contribution in [0.25, 0.3) is 10.9 Å². The van der Waals surface area contributed by atoms with Crippen molar-refractivity contribution in [2.24, 2.45) is 7.05 Å². The molecule has 0 amide bonds. The third-order valence-electron chi connectivity index (χ3n) is 5.22. The Morgan fingerprint density at radius 2 is 1.56 bits per heavy atom. The predicted molar refractivity (Wildman–Crippen MR) is 112 cm³/mol. The van der Waals surface area contributed by atoms with Crippen molar-refractivity contribution in [2.75, 3.05) is 0 Å². The van der Waals surface area contributed by atoms with Crippen molar-refractivity contribution < 1.29 is 0 Å². The van der Waals surface area contributed by atoms with Crippen LogP contribution in [0.4, 0.5) is 0 Å². The van der Waals surface area contributed by atoms with E-state index >= 15 is 0 Å². The first kappa shape index (κ1) is 21.1. The zero-order chi connectivity index (χ0) is 18.3. The Balaban J connectivity index is 2.37. The zero-order valence-corrected chi connectivity index (χ0v) is 20.0. The Kier molecular flexibility index (Phi) is 8.60. The molecule has 1 aromatic carbocycles. The third-order valence-corrected chi connectivity index (χ3v) is 10.8. The van der Waals surface area contributed by atoms with Gasteiger partial charge in [0.05, 0.1) is 0 Å². The fourth-order valence-corrected chi connectivity index (χ4v) is 9.41. The van der Waals surface area contributed by atoms with Gasteiger partial charge >= 0.3 is 169 Å². The maximum absolute atomic E-state index is 6.30. The minimum absolute atomic E-state index is 0.564. The molecule has 2 nitrogen and oxygen atoms in total. The number of hydrogen-bond acceptors (Lipinski definition) is 1. The molecule has 2 radical (unpaired) electrons. The van der Waals surface area contributed by atoms with Gasteiger partial charge in [0, 0.05) is 0 Å². The molecular weight excluding hydrogens is 434 g/mol. The molecule has 0 aliphatic rings. The Hall–Kier alpha value is -0.221. The molecule has 0 spiro atoms. The van der Waals surface area contributed by atoms with Gasteiger partial charge in [0.15, 0.2) is 0 Å². The van der Waals surface area contributed by atoms with Gasteiger partial charge in [-0.1, -0.05) is 0 Å². The molecule has 25 heavy (non-hydrogen) atoms. The van der Waals surface area contributed by atoms with Crippen LogP contribution in [-0.4, -0.2) is 30.9 Å². The van der Waals surface area contributed by atoms with E-state index < -0.39 is 21.1 Å². The van der Waals surface area contributed by atoms with Gasteiger partial charge in [-0.2, -0.15) is 0 Å². The molecule has 0 saturated carbocycles. The molecule has 0 bridgehead atoms. The van der Waals surface area contributed by atoms with Crippen LogP contribution in [0.5, 0.6) is 0 Å². The fourth-order valence-electron chi connectivity index (χ4n) is 3.69. The number of fused-ring (bicyclic) bond motifs is 1. The van der Waals surface area contributed by atoms with Crippen molar-refractivity contribution in [3.63, 3.8) is 0 Å². The van der Waals surface area contributed by atoms with Gasteiger partial charge in [-0.3, -0.25) is 0 Å². The number of rotatable bonds is 11. The van der Waals surface area contributed by atoms with Gasteiger partial charge in [-0.15, -0.1) is 0 Å². The van der Waals surface area contributed by atoms with Crippen molar-refractivity contribution in [1.29, 1.82) is 0 Å². The SMILES string of the molecule is CCCC[C](CCCC)(CCCC)[Sn][c]1nn(C)c2ccc(Cl)cc12. The summed E-state index contributed by atoms with van der Waals surface area (Å²) >= 11 is 5.48. The first-order valence-electron chi connectivity index (χ1n) is 9.95. The first-order chi connectivity index (χ1) is 12.0. The van der Waals surface area contributed by atoms with Crippen molar-refractivity contribution >= 4 is 47.4 Å². The fraction of sp³-hybridized carbons (Fsp3) is 0.667. The normalized spacial score (nSPS) is 12.2. The number of hydrogen-bond donors (Lipinski definition) is 0. The van der Waals surface area contributed by atoms with Crippen LogP contribution < -0.4 is 3.71 Å². The quantitative estimate of drug-likeness (QED) is 0.355. The number of unbranched alkanes of at least 4 members (excludes halogenated alkanes) is 3. The van der Waals surface area contributed by atoms with Crippen LogP contribution in [0.1, 0.15) is 78.6 Å².